The number of benzene rings is 1. The molecule has 0 spiro atoms. The second-order valence-corrected chi connectivity index (χ2v) is 4.41. The highest BCUT2D eigenvalue weighted by atomic mass is 14.2. The fourth-order valence-corrected chi connectivity index (χ4v) is 2.33. The molecule has 0 bridgehead atoms. The first-order valence-electron chi connectivity index (χ1n) is 5.74. The van der Waals surface area contributed by atoms with E-state index in [-0.39, 0.29) is 0 Å². The van der Waals surface area contributed by atoms with Crippen molar-refractivity contribution in [1.82, 2.24) is 0 Å². The smallest absolute Gasteiger partial charge is 0.0242 e. The van der Waals surface area contributed by atoms with Crippen LogP contribution in [-0.4, -0.2) is 0 Å². The second-order valence-electron chi connectivity index (χ2n) is 4.41. The van der Waals surface area contributed by atoms with E-state index in [1.54, 1.807) is 0 Å². The van der Waals surface area contributed by atoms with Crippen LogP contribution in [0.2, 0.25) is 0 Å². The third kappa shape index (κ3) is 2.37. The molecule has 0 N–H and O–H groups in total. The number of hydrogen-bond donors (Lipinski definition) is 0. The lowest BCUT2D eigenvalue weighted by Gasteiger charge is -2.09. The van der Waals surface area contributed by atoms with Crippen LogP contribution in [0.5, 0.6) is 0 Å². The van der Waals surface area contributed by atoms with E-state index in [4.69, 9.17) is 0 Å². The van der Waals surface area contributed by atoms with Gasteiger partial charge in [0, 0.05) is 0 Å². The Bertz CT molecular complexity index is 282. The SMILES string of the molecule is Cc1ccccc1C[CH]C1CCCC1. The Morgan fingerprint density at radius 2 is 1.93 bits per heavy atom. The number of rotatable bonds is 3. The van der Waals surface area contributed by atoms with Crippen molar-refractivity contribution in [3.63, 3.8) is 0 Å². The van der Waals surface area contributed by atoms with Gasteiger partial charge in [-0.25, -0.2) is 0 Å². The molecule has 0 saturated heterocycles. The van der Waals surface area contributed by atoms with Crippen molar-refractivity contribution in [2.24, 2.45) is 5.92 Å². The van der Waals surface area contributed by atoms with Crippen LogP contribution in [0, 0.1) is 19.3 Å². The molecule has 0 unspecified atom stereocenters. The van der Waals surface area contributed by atoms with E-state index in [1.165, 1.54) is 36.8 Å². The molecule has 1 radical (unpaired) electrons. The highest BCUT2D eigenvalue weighted by Gasteiger charge is 2.14. The first kappa shape index (κ1) is 9.76. The summed E-state index contributed by atoms with van der Waals surface area (Å²) in [6.45, 7) is 2.21. The Balaban J connectivity index is 1.88. The molecule has 75 valence electrons. The third-order valence-electron chi connectivity index (χ3n) is 3.33. The largest absolute Gasteiger partial charge is 0.0620 e. The first-order valence-corrected chi connectivity index (χ1v) is 5.74. The molecule has 0 aromatic heterocycles. The maximum Gasteiger partial charge on any atom is -0.0242 e. The summed E-state index contributed by atoms with van der Waals surface area (Å²) in [4.78, 5) is 0. The standard InChI is InChI=1S/C14H19/c1-12-6-2-5-9-14(12)11-10-13-7-3-4-8-13/h2,5-6,9-10,13H,3-4,7-8,11H2,1H3. The molecule has 1 aliphatic rings. The summed E-state index contributed by atoms with van der Waals surface area (Å²) in [5, 5.41) is 0. The summed E-state index contributed by atoms with van der Waals surface area (Å²) < 4.78 is 0. The Morgan fingerprint density at radius 3 is 2.64 bits per heavy atom. The zero-order valence-corrected chi connectivity index (χ0v) is 9.00. The van der Waals surface area contributed by atoms with Gasteiger partial charge in [-0.2, -0.15) is 0 Å². The van der Waals surface area contributed by atoms with Gasteiger partial charge in [0.25, 0.3) is 0 Å². The summed E-state index contributed by atoms with van der Waals surface area (Å²) in [7, 11) is 0. The van der Waals surface area contributed by atoms with Gasteiger partial charge < -0.3 is 0 Å². The van der Waals surface area contributed by atoms with Crippen LogP contribution in [-0.2, 0) is 6.42 Å². The highest BCUT2D eigenvalue weighted by molar-refractivity contribution is 5.26. The zero-order chi connectivity index (χ0) is 9.80. The second kappa shape index (κ2) is 4.63. The van der Waals surface area contributed by atoms with Crippen LogP contribution in [0.15, 0.2) is 24.3 Å². The van der Waals surface area contributed by atoms with Gasteiger partial charge in [-0.3, -0.25) is 0 Å². The Hall–Kier alpha value is -0.780. The summed E-state index contributed by atoms with van der Waals surface area (Å²) in [5.41, 5.74) is 2.93. The van der Waals surface area contributed by atoms with E-state index >= 15 is 0 Å². The van der Waals surface area contributed by atoms with Gasteiger partial charge >= 0.3 is 0 Å². The lowest BCUT2D eigenvalue weighted by atomic mass is 9.96. The Kier molecular flexibility index (Phi) is 3.23. The molecule has 1 aromatic rings. The third-order valence-corrected chi connectivity index (χ3v) is 3.33. The minimum atomic E-state index is 0.898. The normalized spacial score (nSPS) is 17.5. The predicted octanol–water partition coefficient (Wildman–Crippen LogP) is 3.93. The Morgan fingerprint density at radius 1 is 1.21 bits per heavy atom. The monoisotopic (exact) mass is 187 g/mol. The van der Waals surface area contributed by atoms with E-state index in [0.29, 0.717) is 0 Å². The molecule has 0 amide bonds. The van der Waals surface area contributed by atoms with E-state index in [1.807, 2.05) is 0 Å². The summed E-state index contributed by atoms with van der Waals surface area (Å²) in [6, 6.07) is 8.72. The lowest BCUT2D eigenvalue weighted by Crippen LogP contribution is -1.98. The molecule has 1 aliphatic carbocycles. The van der Waals surface area contributed by atoms with Gasteiger partial charge in [-0.1, -0.05) is 49.9 Å². The minimum Gasteiger partial charge on any atom is -0.0620 e. The molecule has 1 saturated carbocycles. The average Bonchev–Trinajstić information content (AvgIpc) is 2.69. The van der Waals surface area contributed by atoms with E-state index in [2.05, 4.69) is 37.6 Å². The molecule has 14 heavy (non-hydrogen) atoms. The van der Waals surface area contributed by atoms with Crippen molar-refractivity contribution >= 4 is 0 Å². The molecule has 1 aromatic carbocycles. The van der Waals surface area contributed by atoms with E-state index in [9.17, 15) is 0 Å². The van der Waals surface area contributed by atoms with Crippen molar-refractivity contribution in [2.45, 2.75) is 39.0 Å². The van der Waals surface area contributed by atoms with Gasteiger partial charge in [0.05, 0.1) is 0 Å². The van der Waals surface area contributed by atoms with Crippen molar-refractivity contribution < 1.29 is 0 Å². The van der Waals surface area contributed by atoms with Crippen LogP contribution in [0.25, 0.3) is 0 Å². The van der Waals surface area contributed by atoms with Crippen LogP contribution >= 0.6 is 0 Å². The molecular formula is C14H19. The fraction of sp³-hybridized carbons (Fsp3) is 0.500. The van der Waals surface area contributed by atoms with E-state index in [0.717, 1.165) is 12.3 Å². The van der Waals surface area contributed by atoms with Crippen molar-refractivity contribution in [1.29, 1.82) is 0 Å². The van der Waals surface area contributed by atoms with Crippen LogP contribution in [0.4, 0.5) is 0 Å². The van der Waals surface area contributed by atoms with Gasteiger partial charge in [0.1, 0.15) is 0 Å². The quantitative estimate of drug-likeness (QED) is 0.672. The number of hydrogen-bond acceptors (Lipinski definition) is 0. The van der Waals surface area contributed by atoms with Crippen LogP contribution < -0.4 is 0 Å². The highest BCUT2D eigenvalue weighted by Crippen LogP contribution is 2.28. The molecule has 0 aliphatic heterocycles. The van der Waals surface area contributed by atoms with Gasteiger partial charge in [0.2, 0.25) is 0 Å². The van der Waals surface area contributed by atoms with Crippen molar-refractivity contribution in [2.75, 3.05) is 0 Å². The molecular weight excluding hydrogens is 168 g/mol. The maximum atomic E-state index is 2.52. The zero-order valence-electron chi connectivity index (χ0n) is 9.00. The topological polar surface area (TPSA) is 0 Å². The first-order chi connectivity index (χ1) is 6.86. The summed E-state index contributed by atoms with van der Waals surface area (Å²) in [5.74, 6) is 0.898. The maximum absolute atomic E-state index is 2.52. The number of aryl methyl sites for hydroxylation is 1. The van der Waals surface area contributed by atoms with Crippen LogP contribution in [0.1, 0.15) is 36.8 Å². The lowest BCUT2D eigenvalue weighted by molar-refractivity contribution is 0.617. The van der Waals surface area contributed by atoms with Crippen molar-refractivity contribution in [3.05, 3.63) is 41.8 Å². The summed E-state index contributed by atoms with van der Waals surface area (Å²) in [6.07, 6.45) is 9.41. The molecule has 0 heteroatoms. The Labute approximate surface area is 87.3 Å². The predicted molar refractivity (Wildman–Crippen MR) is 61.1 cm³/mol. The molecule has 1 fully saturated rings. The minimum absolute atomic E-state index is 0.898. The fourth-order valence-electron chi connectivity index (χ4n) is 2.33. The average molecular weight is 187 g/mol. The molecule has 0 nitrogen and oxygen atoms in total. The van der Waals surface area contributed by atoms with E-state index < -0.39 is 0 Å². The molecule has 0 atom stereocenters. The van der Waals surface area contributed by atoms with Gasteiger partial charge in [-0.15, -0.1) is 0 Å². The van der Waals surface area contributed by atoms with Gasteiger partial charge in [0.15, 0.2) is 0 Å². The van der Waals surface area contributed by atoms with Gasteiger partial charge in [-0.05, 0) is 36.8 Å². The summed E-state index contributed by atoms with van der Waals surface area (Å²) >= 11 is 0. The van der Waals surface area contributed by atoms with Crippen LogP contribution in [0.3, 0.4) is 0 Å². The molecule has 0 heterocycles. The molecule has 2 rings (SSSR count). The van der Waals surface area contributed by atoms with Crippen molar-refractivity contribution in [3.8, 4) is 0 Å².